The molecule has 0 amide bonds. The number of rotatable bonds is 2. The third-order valence-corrected chi connectivity index (χ3v) is 2.04. The van der Waals surface area contributed by atoms with Gasteiger partial charge in [-0.1, -0.05) is 18.5 Å². The second kappa shape index (κ2) is 4.23. The molecule has 1 aromatic heterocycles. The minimum atomic E-state index is -0.100. The summed E-state index contributed by atoms with van der Waals surface area (Å²) in [4.78, 5) is 8.38. The Hall–Kier alpha value is -1.03. The van der Waals surface area contributed by atoms with Crippen LogP contribution in [0.2, 0.25) is 5.15 Å². The van der Waals surface area contributed by atoms with E-state index in [0.29, 0.717) is 22.5 Å². The van der Waals surface area contributed by atoms with E-state index < -0.39 is 0 Å². The summed E-state index contributed by atoms with van der Waals surface area (Å²) in [6.45, 7) is 8.08. The normalized spacial score (nSPS) is 11.5. The molecule has 0 spiro atoms. The average Bonchev–Trinajstić information content (AvgIpc) is 2.10. The van der Waals surface area contributed by atoms with E-state index in [9.17, 15) is 0 Å². The van der Waals surface area contributed by atoms with Gasteiger partial charge in [-0.25, -0.2) is 9.97 Å². The highest BCUT2D eigenvalue weighted by Crippen LogP contribution is 2.26. The van der Waals surface area contributed by atoms with E-state index in [-0.39, 0.29) is 5.54 Å². The number of hydrogen-bond donors (Lipinski definition) is 2. The van der Waals surface area contributed by atoms with Gasteiger partial charge < -0.3 is 11.1 Å². The molecule has 0 bridgehead atoms. The van der Waals surface area contributed by atoms with Crippen molar-refractivity contribution in [3.05, 3.63) is 11.0 Å². The van der Waals surface area contributed by atoms with Gasteiger partial charge in [0.05, 0.1) is 0 Å². The molecule has 0 saturated carbocycles. The molecule has 84 valence electrons. The summed E-state index contributed by atoms with van der Waals surface area (Å²) >= 11 is 5.91. The number of aromatic nitrogens is 2. The lowest BCUT2D eigenvalue weighted by molar-refractivity contribution is 0.629. The SMILES string of the molecule is CCc1nc(Cl)c(N)c(NC(C)(C)C)n1. The smallest absolute Gasteiger partial charge is 0.157 e. The summed E-state index contributed by atoms with van der Waals surface area (Å²) in [5.74, 6) is 1.31. The Labute approximate surface area is 95.3 Å². The van der Waals surface area contributed by atoms with Gasteiger partial charge in [-0.05, 0) is 20.8 Å². The first-order chi connectivity index (χ1) is 6.83. The molecule has 0 aliphatic carbocycles. The molecule has 0 aromatic carbocycles. The second-order valence-electron chi connectivity index (χ2n) is 4.42. The van der Waals surface area contributed by atoms with Gasteiger partial charge in [0, 0.05) is 12.0 Å². The number of anilines is 2. The molecule has 3 N–H and O–H groups in total. The molecule has 0 atom stereocenters. The predicted molar refractivity (Wildman–Crippen MR) is 64.2 cm³/mol. The van der Waals surface area contributed by atoms with Gasteiger partial charge >= 0.3 is 0 Å². The maximum absolute atomic E-state index is 5.91. The van der Waals surface area contributed by atoms with Gasteiger partial charge in [-0.3, -0.25) is 0 Å². The van der Waals surface area contributed by atoms with Crippen LogP contribution in [0.3, 0.4) is 0 Å². The Kier molecular flexibility index (Phi) is 3.39. The quantitative estimate of drug-likeness (QED) is 0.764. The first-order valence-corrected chi connectivity index (χ1v) is 5.31. The van der Waals surface area contributed by atoms with Crippen LogP contribution in [0.1, 0.15) is 33.5 Å². The first-order valence-electron chi connectivity index (χ1n) is 4.93. The van der Waals surface area contributed by atoms with E-state index in [1.807, 2.05) is 27.7 Å². The highest BCUT2D eigenvalue weighted by molar-refractivity contribution is 6.32. The number of nitrogen functional groups attached to an aromatic ring is 1. The number of nitrogens with one attached hydrogen (secondary N) is 1. The van der Waals surface area contributed by atoms with Crippen molar-refractivity contribution in [2.24, 2.45) is 0 Å². The molecule has 0 aliphatic rings. The Balaban J connectivity index is 3.11. The fourth-order valence-electron chi connectivity index (χ4n) is 1.09. The molecular formula is C10H17ClN4. The molecule has 1 rings (SSSR count). The van der Waals surface area contributed by atoms with Crippen molar-refractivity contribution in [3.8, 4) is 0 Å². The molecule has 4 nitrogen and oxygen atoms in total. The molecular weight excluding hydrogens is 212 g/mol. The van der Waals surface area contributed by atoms with Crippen LogP contribution in [-0.4, -0.2) is 15.5 Å². The standard InChI is InChI=1S/C10H17ClN4/c1-5-6-13-8(11)7(12)9(14-6)15-10(2,3)4/h5,12H2,1-4H3,(H,13,14,15). The van der Waals surface area contributed by atoms with Crippen LogP contribution in [0.25, 0.3) is 0 Å². The van der Waals surface area contributed by atoms with Gasteiger partial charge in [0.2, 0.25) is 0 Å². The van der Waals surface area contributed by atoms with Crippen molar-refractivity contribution in [1.29, 1.82) is 0 Å². The summed E-state index contributed by atoms with van der Waals surface area (Å²) in [5, 5.41) is 3.52. The minimum Gasteiger partial charge on any atom is -0.393 e. The van der Waals surface area contributed by atoms with Crippen LogP contribution in [0.5, 0.6) is 0 Å². The molecule has 1 heterocycles. The van der Waals surface area contributed by atoms with Gasteiger partial charge in [0.15, 0.2) is 11.0 Å². The zero-order chi connectivity index (χ0) is 11.6. The van der Waals surface area contributed by atoms with E-state index in [1.54, 1.807) is 0 Å². The molecule has 1 aromatic rings. The van der Waals surface area contributed by atoms with E-state index in [1.165, 1.54) is 0 Å². The van der Waals surface area contributed by atoms with E-state index in [2.05, 4.69) is 15.3 Å². The molecule has 0 radical (unpaired) electrons. The predicted octanol–water partition coefficient (Wildman–Crippen LogP) is 2.49. The van der Waals surface area contributed by atoms with Gasteiger partial charge in [0.25, 0.3) is 0 Å². The highest BCUT2D eigenvalue weighted by Gasteiger charge is 2.15. The number of hydrogen-bond acceptors (Lipinski definition) is 4. The zero-order valence-electron chi connectivity index (χ0n) is 9.56. The van der Waals surface area contributed by atoms with Crippen LogP contribution in [-0.2, 0) is 6.42 Å². The third kappa shape index (κ3) is 3.23. The van der Waals surface area contributed by atoms with E-state index >= 15 is 0 Å². The Morgan fingerprint density at radius 2 is 1.93 bits per heavy atom. The lowest BCUT2D eigenvalue weighted by Crippen LogP contribution is -2.27. The molecule has 15 heavy (non-hydrogen) atoms. The monoisotopic (exact) mass is 228 g/mol. The molecule has 0 saturated heterocycles. The average molecular weight is 229 g/mol. The summed E-state index contributed by atoms with van der Waals surface area (Å²) in [6, 6.07) is 0. The zero-order valence-corrected chi connectivity index (χ0v) is 10.3. The van der Waals surface area contributed by atoms with Crippen LogP contribution in [0.4, 0.5) is 11.5 Å². The van der Waals surface area contributed by atoms with Gasteiger partial charge in [-0.15, -0.1) is 0 Å². The largest absolute Gasteiger partial charge is 0.393 e. The van der Waals surface area contributed by atoms with Crippen molar-refractivity contribution in [1.82, 2.24) is 9.97 Å². The minimum absolute atomic E-state index is 0.100. The summed E-state index contributed by atoms with van der Waals surface area (Å²) in [6.07, 6.45) is 0.735. The molecule has 0 unspecified atom stereocenters. The maximum atomic E-state index is 5.91. The highest BCUT2D eigenvalue weighted by atomic mass is 35.5. The fraction of sp³-hybridized carbons (Fsp3) is 0.600. The van der Waals surface area contributed by atoms with E-state index in [0.717, 1.165) is 6.42 Å². The van der Waals surface area contributed by atoms with Crippen molar-refractivity contribution >= 4 is 23.1 Å². The Morgan fingerprint density at radius 1 is 1.33 bits per heavy atom. The summed E-state index contributed by atoms with van der Waals surface area (Å²) < 4.78 is 0. The number of nitrogens with two attached hydrogens (primary N) is 1. The molecule has 5 heteroatoms. The third-order valence-electron chi connectivity index (χ3n) is 1.76. The van der Waals surface area contributed by atoms with E-state index in [4.69, 9.17) is 17.3 Å². The topological polar surface area (TPSA) is 63.8 Å². The van der Waals surface area contributed by atoms with Gasteiger partial charge in [0.1, 0.15) is 11.5 Å². The van der Waals surface area contributed by atoms with Gasteiger partial charge in [-0.2, -0.15) is 0 Å². The number of aryl methyl sites for hydroxylation is 1. The van der Waals surface area contributed by atoms with Crippen molar-refractivity contribution in [3.63, 3.8) is 0 Å². The fourth-order valence-corrected chi connectivity index (χ4v) is 1.28. The first kappa shape index (κ1) is 12.0. The van der Waals surface area contributed by atoms with Crippen molar-refractivity contribution in [2.75, 3.05) is 11.1 Å². The lowest BCUT2D eigenvalue weighted by Gasteiger charge is -2.22. The molecule has 0 fully saturated rings. The maximum Gasteiger partial charge on any atom is 0.157 e. The van der Waals surface area contributed by atoms with Crippen LogP contribution >= 0.6 is 11.6 Å². The van der Waals surface area contributed by atoms with Crippen molar-refractivity contribution in [2.45, 2.75) is 39.7 Å². The number of nitrogens with zero attached hydrogens (tertiary/aromatic N) is 2. The lowest BCUT2D eigenvalue weighted by atomic mass is 10.1. The Bertz CT molecular complexity index is 357. The second-order valence-corrected chi connectivity index (χ2v) is 4.78. The van der Waals surface area contributed by atoms with Crippen molar-refractivity contribution < 1.29 is 0 Å². The number of halogens is 1. The molecule has 0 aliphatic heterocycles. The summed E-state index contributed by atoms with van der Waals surface area (Å²) in [5.41, 5.74) is 6.10. The summed E-state index contributed by atoms with van der Waals surface area (Å²) in [7, 11) is 0. The van der Waals surface area contributed by atoms with Crippen LogP contribution in [0.15, 0.2) is 0 Å². The van der Waals surface area contributed by atoms with Crippen LogP contribution in [0, 0.1) is 0 Å². The van der Waals surface area contributed by atoms with Crippen LogP contribution < -0.4 is 11.1 Å². The Morgan fingerprint density at radius 3 is 2.40 bits per heavy atom.